The van der Waals surface area contributed by atoms with Crippen molar-refractivity contribution in [2.75, 3.05) is 0 Å². The molecule has 0 aliphatic carbocycles. The van der Waals surface area contributed by atoms with Gasteiger partial charge < -0.3 is 4.42 Å². The molecule has 0 unspecified atom stereocenters. The third kappa shape index (κ3) is 4.83. The summed E-state index contributed by atoms with van der Waals surface area (Å²) in [6.07, 6.45) is 7.11. The van der Waals surface area contributed by atoms with Gasteiger partial charge in [0.15, 0.2) is 5.09 Å². The summed E-state index contributed by atoms with van der Waals surface area (Å²) in [6, 6.07) is 18.1. The van der Waals surface area contributed by atoms with Gasteiger partial charge in [0.25, 0.3) is 0 Å². The van der Waals surface area contributed by atoms with Gasteiger partial charge >= 0.3 is 0 Å². The molecule has 1 aromatic carbocycles. The number of pyridine rings is 1. The Balaban J connectivity index is 1.60. The molecule has 0 fully saturated rings. The van der Waals surface area contributed by atoms with Gasteiger partial charge in [0.1, 0.15) is 10.8 Å². The third-order valence-corrected chi connectivity index (χ3v) is 4.41. The van der Waals surface area contributed by atoms with Gasteiger partial charge in [-0.1, -0.05) is 31.5 Å². The highest BCUT2D eigenvalue weighted by Gasteiger charge is 2.03. The minimum Gasteiger partial charge on any atom is -0.448 e. The van der Waals surface area contributed by atoms with Gasteiger partial charge in [-0.15, -0.1) is 0 Å². The van der Waals surface area contributed by atoms with Crippen molar-refractivity contribution in [3.05, 3.63) is 72.1 Å². The molecule has 2 aromatic heterocycles. The molecule has 0 atom stereocenters. The van der Waals surface area contributed by atoms with E-state index < -0.39 is 0 Å². The van der Waals surface area contributed by atoms with Gasteiger partial charge in [0, 0.05) is 6.20 Å². The van der Waals surface area contributed by atoms with Gasteiger partial charge in [-0.3, -0.25) is 4.99 Å². The first-order valence-electron chi connectivity index (χ1n) is 8.15. The number of benzene rings is 1. The lowest BCUT2D eigenvalue weighted by atomic mass is 10.1. The first kappa shape index (κ1) is 16.5. The summed E-state index contributed by atoms with van der Waals surface area (Å²) in [5.74, 6) is 0.739. The van der Waals surface area contributed by atoms with Crippen LogP contribution in [0.5, 0.6) is 0 Å². The molecule has 3 nitrogen and oxygen atoms in total. The van der Waals surface area contributed by atoms with E-state index in [0.29, 0.717) is 0 Å². The number of nitrogens with zero attached hydrogens (tertiary/aromatic N) is 2. The van der Waals surface area contributed by atoms with Crippen LogP contribution in [0.3, 0.4) is 0 Å². The molecule has 0 bridgehead atoms. The largest absolute Gasteiger partial charge is 0.448 e. The van der Waals surface area contributed by atoms with E-state index in [2.05, 4.69) is 29.0 Å². The van der Waals surface area contributed by atoms with Gasteiger partial charge in [-0.25, -0.2) is 4.98 Å². The first-order valence-corrected chi connectivity index (χ1v) is 8.97. The van der Waals surface area contributed by atoms with E-state index in [0.717, 1.165) is 28.0 Å². The Bertz CT molecular complexity index is 779. The molecular weight excluding hydrogens is 316 g/mol. The van der Waals surface area contributed by atoms with E-state index >= 15 is 0 Å². The second-order valence-electron chi connectivity index (χ2n) is 5.46. The number of unbranched alkanes of at least 4 members (excludes halogenated alkanes) is 1. The van der Waals surface area contributed by atoms with Crippen LogP contribution in [-0.2, 0) is 6.42 Å². The molecular formula is C20H20N2OS. The Kier molecular flexibility index (Phi) is 5.85. The van der Waals surface area contributed by atoms with Crippen molar-refractivity contribution in [2.45, 2.75) is 36.3 Å². The maximum absolute atomic E-state index is 5.76. The van der Waals surface area contributed by atoms with Crippen LogP contribution >= 0.6 is 11.8 Å². The van der Waals surface area contributed by atoms with E-state index in [4.69, 9.17) is 4.42 Å². The zero-order chi connectivity index (χ0) is 16.6. The fourth-order valence-electron chi connectivity index (χ4n) is 2.24. The first-order chi connectivity index (χ1) is 11.8. The molecule has 122 valence electrons. The number of aryl methyl sites for hydroxylation is 1. The predicted octanol–water partition coefficient (Wildman–Crippen LogP) is 5.92. The zero-order valence-electron chi connectivity index (χ0n) is 13.7. The molecule has 0 N–H and O–H groups in total. The van der Waals surface area contributed by atoms with Crippen molar-refractivity contribution in [3.63, 3.8) is 0 Å². The molecule has 0 radical (unpaired) electrons. The van der Waals surface area contributed by atoms with Gasteiger partial charge in [0.05, 0.1) is 11.9 Å². The van der Waals surface area contributed by atoms with E-state index in [1.165, 1.54) is 30.2 Å². The lowest BCUT2D eigenvalue weighted by molar-refractivity contribution is 0.469. The Morgan fingerprint density at radius 1 is 1.08 bits per heavy atom. The van der Waals surface area contributed by atoms with Crippen LogP contribution in [0.15, 0.2) is 80.3 Å². The molecule has 0 spiro atoms. The van der Waals surface area contributed by atoms with E-state index in [1.54, 1.807) is 12.4 Å². The molecule has 0 aliphatic heterocycles. The number of aromatic nitrogens is 1. The molecule has 3 rings (SSSR count). The highest BCUT2D eigenvalue weighted by molar-refractivity contribution is 7.99. The quantitative estimate of drug-likeness (QED) is 0.503. The third-order valence-electron chi connectivity index (χ3n) is 3.54. The van der Waals surface area contributed by atoms with Crippen molar-refractivity contribution in [3.8, 4) is 0 Å². The number of hydrogen-bond donors (Lipinski definition) is 0. The predicted molar refractivity (Wildman–Crippen MR) is 99.4 cm³/mol. The molecule has 2 heterocycles. The second-order valence-corrected chi connectivity index (χ2v) is 6.48. The minimum absolute atomic E-state index is 0.739. The molecule has 3 aromatic rings. The number of rotatable bonds is 7. The summed E-state index contributed by atoms with van der Waals surface area (Å²) in [5, 5.41) is 1.73. The van der Waals surface area contributed by atoms with Crippen LogP contribution in [-0.4, -0.2) is 11.2 Å². The lowest BCUT2D eigenvalue weighted by Crippen LogP contribution is -1.83. The Morgan fingerprint density at radius 2 is 1.96 bits per heavy atom. The molecule has 24 heavy (non-hydrogen) atoms. The fraction of sp³-hybridized carbons (Fsp3) is 0.200. The fourth-order valence-corrected chi connectivity index (χ4v) is 2.98. The summed E-state index contributed by atoms with van der Waals surface area (Å²) in [5.41, 5.74) is 2.30. The van der Waals surface area contributed by atoms with Crippen LogP contribution < -0.4 is 0 Å². The maximum atomic E-state index is 5.76. The normalized spacial score (nSPS) is 11.2. The summed E-state index contributed by atoms with van der Waals surface area (Å²) in [6.45, 7) is 2.21. The summed E-state index contributed by atoms with van der Waals surface area (Å²) < 4.78 is 5.76. The smallest absolute Gasteiger partial charge is 0.167 e. The minimum atomic E-state index is 0.739. The van der Waals surface area contributed by atoms with Gasteiger partial charge in [-0.05, 0) is 66.6 Å². The monoisotopic (exact) mass is 336 g/mol. The zero-order valence-corrected chi connectivity index (χ0v) is 14.5. The standard InChI is InChI=1S/C20H20N2OS/c1-2-3-6-16-8-10-17(11-9-16)22-15-18-12-13-20(23-18)24-19-7-4-5-14-21-19/h4-5,7-15H,2-3,6H2,1H3. The number of hydrogen-bond acceptors (Lipinski definition) is 4. The number of aliphatic imine (C=N–C) groups is 1. The Morgan fingerprint density at radius 3 is 2.71 bits per heavy atom. The van der Waals surface area contributed by atoms with Crippen molar-refractivity contribution in [2.24, 2.45) is 4.99 Å². The van der Waals surface area contributed by atoms with Crippen LogP contribution in [0, 0.1) is 0 Å². The topological polar surface area (TPSA) is 38.4 Å². The average Bonchev–Trinajstić information content (AvgIpc) is 3.07. The van der Waals surface area contributed by atoms with E-state index in [-0.39, 0.29) is 0 Å². The lowest BCUT2D eigenvalue weighted by Gasteiger charge is -1.99. The van der Waals surface area contributed by atoms with E-state index in [1.807, 2.05) is 42.5 Å². The van der Waals surface area contributed by atoms with Crippen molar-refractivity contribution in [1.82, 2.24) is 4.98 Å². The van der Waals surface area contributed by atoms with Crippen molar-refractivity contribution in [1.29, 1.82) is 0 Å². The SMILES string of the molecule is CCCCc1ccc(N=Cc2ccc(Sc3ccccn3)o2)cc1. The van der Waals surface area contributed by atoms with Crippen LogP contribution in [0.25, 0.3) is 0 Å². The average molecular weight is 336 g/mol. The van der Waals surface area contributed by atoms with Crippen LogP contribution in [0.4, 0.5) is 5.69 Å². The van der Waals surface area contributed by atoms with Gasteiger partial charge in [-0.2, -0.15) is 0 Å². The van der Waals surface area contributed by atoms with Crippen LogP contribution in [0.1, 0.15) is 31.1 Å². The summed E-state index contributed by atoms with van der Waals surface area (Å²) in [7, 11) is 0. The highest BCUT2D eigenvalue weighted by atomic mass is 32.2. The van der Waals surface area contributed by atoms with E-state index in [9.17, 15) is 0 Å². The molecule has 0 aliphatic rings. The molecule has 4 heteroatoms. The summed E-state index contributed by atoms with van der Waals surface area (Å²) in [4.78, 5) is 8.75. The van der Waals surface area contributed by atoms with Gasteiger partial charge in [0.2, 0.25) is 0 Å². The Labute approximate surface area is 146 Å². The number of furan rings is 1. The summed E-state index contributed by atoms with van der Waals surface area (Å²) >= 11 is 1.50. The van der Waals surface area contributed by atoms with Crippen molar-refractivity contribution < 1.29 is 4.42 Å². The molecule has 0 amide bonds. The highest BCUT2D eigenvalue weighted by Crippen LogP contribution is 2.27. The molecule has 0 saturated carbocycles. The molecule has 0 saturated heterocycles. The van der Waals surface area contributed by atoms with Crippen LogP contribution in [0.2, 0.25) is 0 Å². The van der Waals surface area contributed by atoms with Crippen molar-refractivity contribution >= 4 is 23.7 Å². The maximum Gasteiger partial charge on any atom is 0.167 e. The second kappa shape index (κ2) is 8.50. The Hall–Kier alpha value is -2.33.